The summed E-state index contributed by atoms with van der Waals surface area (Å²) in [5, 5.41) is 8.81. The largest absolute Gasteiger partial charge is 0.381 e. The van der Waals surface area contributed by atoms with Crippen molar-refractivity contribution in [3.8, 4) is 6.07 Å². The number of anilines is 1. The van der Waals surface area contributed by atoms with E-state index < -0.39 is 0 Å². The van der Waals surface area contributed by atoms with E-state index in [4.69, 9.17) is 10.00 Å². The first-order chi connectivity index (χ1) is 10.3. The quantitative estimate of drug-likeness (QED) is 0.843. The van der Waals surface area contributed by atoms with Crippen LogP contribution in [0.3, 0.4) is 0 Å². The molecule has 1 aromatic heterocycles. The Kier molecular flexibility index (Phi) is 4.69. The standard InChI is InChI=1S/C16H22N4O/c17-10-14-3-4-16(18-11-14)20-7-5-19(6-8-20)12-15-2-1-9-21-13-15/h3-4,11,15H,1-2,5-9,12-13H2/t15-/m1/s1. The van der Waals surface area contributed by atoms with Gasteiger partial charge in [-0.2, -0.15) is 5.26 Å². The van der Waals surface area contributed by atoms with Gasteiger partial charge in [-0.05, 0) is 30.9 Å². The van der Waals surface area contributed by atoms with E-state index in [-0.39, 0.29) is 0 Å². The Morgan fingerprint density at radius 2 is 2.14 bits per heavy atom. The summed E-state index contributed by atoms with van der Waals surface area (Å²) in [4.78, 5) is 9.22. The van der Waals surface area contributed by atoms with Gasteiger partial charge in [-0.25, -0.2) is 4.98 Å². The Hall–Kier alpha value is -1.64. The summed E-state index contributed by atoms with van der Waals surface area (Å²) in [7, 11) is 0. The number of rotatable bonds is 3. The fourth-order valence-corrected chi connectivity index (χ4v) is 3.12. The van der Waals surface area contributed by atoms with Gasteiger partial charge in [0.1, 0.15) is 11.9 Å². The molecule has 5 nitrogen and oxygen atoms in total. The Morgan fingerprint density at radius 1 is 1.29 bits per heavy atom. The number of pyridine rings is 1. The van der Waals surface area contributed by atoms with E-state index in [1.807, 2.05) is 12.1 Å². The lowest BCUT2D eigenvalue weighted by atomic mass is 10.0. The highest BCUT2D eigenvalue weighted by molar-refractivity contribution is 5.42. The van der Waals surface area contributed by atoms with Crippen LogP contribution < -0.4 is 4.90 Å². The number of nitrogens with zero attached hydrogens (tertiary/aromatic N) is 4. The molecule has 112 valence electrons. The Morgan fingerprint density at radius 3 is 2.76 bits per heavy atom. The van der Waals surface area contributed by atoms with Crippen LogP contribution in [0.15, 0.2) is 18.3 Å². The minimum absolute atomic E-state index is 0.620. The molecule has 0 N–H and O–H groups in total. The molecule has 1 aromatic rings. The molecule has 0 aliphatic carbocycles. The topological polar surface area (TPSA) is 52.4 Å². The van der Waals surface area contributed by atoms with Gasteiger partial charge in [0, 0.05) is 45.5 Å². The van der Waals surface area contributed by atoms with Crippen LogP contribution in [0.2, 0.25) is 0 Å². The van der Waals surface area contributed by atoms with Gasteiger partial charge in [-0.15, -0.1) is 0 Å². The van der Waals surface area contributed by atoms with Crippen LogP contribution >= 0.6 is 0 Å². The third-order valence-corrected chi connectivity index (χ3v) is 4.34. The van der Waals surface area contributed by atoms with Crippen molar-refractivity contribution < 1.29 is 4.74 Å². The van der Waals surface area contributed by atoms with Gasteiger partial charge in [-0.3, -0.25) is 4.90 Å². The second-order valence-electron chi connectivity index (χ2n) is 5.89. The predicted molar refractivity (Wildman–Crippen MR) is 81.1 cm³/mol. The molecule has 0 saturated carbocycles. The monoisotopic (exact) mass is 286 g/mol. The highest BCUT2D eigenvalue weighted by atomic mass is 16.5. The van der Waals surface area contributed by atoms with E-state index in [0.717, 1.165) is 51.8 Å². The minimum atomic E-state index is 0.620. The normalized spacial score (nSPS) is 23.8. The number of hydrogen-bond acceptors (Lipinski definition) is 5. The van der Waals surface area contributed by atoms with E-state index in [1.54, 1.807) is 6.20 Å². The van der Waals surface area contributed by atoms with Crippen molar-refractivity contribution in [2.45, 2.75) is 12.8 Å². The lowest BCUT2D eigenvalue weighted by Crippen LogP contribution is -2.48. The summed E-state index contributed by atoms with van der Waals surface area (Å²) >= 11 is 0. The van der Waals surface area contributed by atoms with E-state index in [1.165, 1.54) is 12.8 Å². The van der Waals surface area contributed by atoms with E-state index >= 15 is 0 Å². The molecule has 2 saturated heterocycles. The number of piperazine rings is 1. The van der Waals surface area contributed by atoms with Crippen LogP contribution in [0.25, 0.3) is 0 Å². The van der Waals surface area contributed by atoms with Gasteiger partial charge in [-0.1, -0.05) is 0 Å². The first-order valence-corrected chi connectivity index (χ1v) is 7.76. The highest BCUT2D eigenvalue weighted by Gasteiger charge is 2.22. The van der Waals surface area contributed by atoms with Crippen molar-refractivity contribution in [3.05, 3.63) is 23.9 Å². The fourth-order valence-electron chi connectivity index (χ4n) is 3.12. The highest BCUT2D eigenvalue weighted by Crippen LogP contribution is 2.18. The smallest absolute Gasteiger partial charge is 0.128 e. The Balaban J connectivity index is 1.49. The van der Waals surface area contributed by atoms with Gasteiger partial charge in [0.2, 0.25) is 0 Å². The van der Waals surface area contributed by atoms with Gasteiger partial charge in [0.15, 0.2) is 0 Å². The maximum atomic E-state index is 8.81. The summed E-state index contributed by atoms with van der Waals surface area (Å²) in [5.41, 5.74) is 0.620. The Bertz CT molecular complexity index is 482. The second-order valence-corrected chi connectivity index (χ2v) is 5.89. The number of aromatic nitrogens is 1. The van der Waals surface area contributed by atoms with Gasteiger partial charge in [0.05, 0.1) is 12.2 Å². The molecule has 0 amide bonds. The number of hydrogen-bond donors (Lipinski definition) is 0. The summed E-state index contributed by atoms with van der Waals surface area (Å²) in [5.74, 6) is 1.69. The summed E-state index contributed by atoms with van der Waals surface area (Å²) in [6.45, 7) is 7.20. The molecule has 2 aliphatic rings. The molecule has 2 aliphatic heterocycles. The maximum Gasteiger partial charge on any atom is 0.128 e. The SMILES string of the molecule is N#Cc1ccc(N2CCN(C[C@H]3CCCOC3)CC2)nc1. The second kappa shape index (κ2) is 6.88. The van der Waals surface area contributed by atoms with E-state index in [0.29, 0.717) is 11.5 Å². The molecular weight excluding hydrogens is 264 g/mol. The number of nitriles is 1. The first-order valence-electron chi connectivity index (χ1n) is 7.76. The van der Waals surface area contributed by atoms with Gasteiger partial charge < -0.3 is 9.64 Å². The van der Waals surface area contributed by atoms with Gasteiger partial charge in [0.25, 0.3) is 0 Å². The van der Waals surface area contributed by atoms with Crippen molar-refractivity contribution in [1.29, 1.82) is 5.26 Å². The molecule has 1 atom stereocenters. The summed E-state index contributed by atoms with van der Waals surface area (Å²) < 4.78 is 5.56. The molecule has 0 unspecified atom stereocenters. The van der Waals surface area contributed by atoms with Crippen LogP contribution in [0.5, 0.6) is 0 Å². The lowest BCUT2D eigenvalue weighted by Gasteiger charge is -2.37. The van der Waals surface area contributed by atoms with Gasteiger partial charge >= 0.3 is 0 Å². The number of ether oxygens (including phenoxy) is 1. The zero-order valence-corrected chi connectivity index (χ0v) is 12.4. The summed E-state index contributed by atoms with van der Waals surface area (Å²) in [6, 6.07) is 5.90. The third-order valence-electron chi connectivity index (χ3n) is 4.34. The van der Waals surface area contributed by atoms with Crippen molar-refractivity contribution in [2.75, 3.05) is 50.8 Å². The van der Waals surface area contributed by atoms with Crippen molar-refractivity contribution >= 4 is 5.82 Å². The molecule has 3 heterocycles. The maximum absolute atomic E-state index is 8.81. The van der Waals surface area contributed by atoms with Crippen LogP contribution in [-0.2, 0) is 4.74 Å². The first kappa shape index (κ1) is 14.3. The van der Waals surface area contributed by atoms with Crippen molar-refractivity contribution in [2.24, 2.45) is 5.92 Å². The van der Waals surface area contributed by atoms with Crippen LogP contribution in [0, 0.1) is 17.2 Å². The molecule has 21 heavy (non-hydrogen) atoms. The molecular formula is C16H22N4O. The summed E-state index contributed by atoms with van der Waals surface area (Å²) in [6.07, 6.45) is 4.16. The molecule has 0 aromatic carbocycles. The molecule has 3 rings (SSSR count). The van der Waals surface area contributed by atoms with Crippen molar-refractivity contribution in [3.63, 3.8) is 0 Å². The van der Waals surface area contributed by atoms with E-state index in [9.17, 15) is 0 Å². The third kappa shape index (κ3) is 3.72. The molecule has 5 heteroatoms. The average molecular weight is 286 g/mol. The zero-order valence-electron chi connectivity index (χ0n) is 12.4. The van der Waals surface area contributed by atoms with E-state index in [2.05, 4.69) is 20.9 Å². The Labute approximate surface area is 126 Å². The fraction of sp³-hybridized carbons (Fsp3) is 0.625. The molecule has 2 fully saturated rings. The van der Waals surface area contributed by atoms with Crippen LogP contribution in [-0.4, -0.2) is 55.8 Å². The van der Waals surface area contributed by atoms with Crippen molar-refractivity contribution in [1.82, 2.24) is 9.88 Å². The predicted octanol–water partition coefficient (Wildman–Crippen LogP) is 1.50. The molecule has 0 spiro atoms. The van der Waals surface area contributed by atoms with Crippen LogP contribution in [0.4, 0.5) is 5.82 Å². The lowest BCUT2D eigenvalue weighted by molar-refractivity contribution is 0.0377. The molecule has 0 radical (unpaired) electrons. The zero-order chi connectivity index (χ0) is 14.5. The molecule has 0 bridgehead atoms. The van der Waals surface area contributed by atoms with Crippen LogP contribution in [0.1, 0.15) is 18.4 Å². The average Bonchev–Trinajstić information content (AvgIpc) is 2.57. The minimum Gasteiger partial charge on any atom is -0.381 e.